The number of nitrogens with zero attached hydrogens (tertiary/aromatic N) is 3. The zero-order valence-corrected chi connectivity index (χ0v) is 14.5. The summed E-state index contributed by atoms with van der Waals surface area (Å²) in [4.78, 5) is 25.8. The third-order valence-electron chi connectivity index (χ3n) is 3.78. The van der Waals surface area contributed by atoms with Gasteiger partial charge in [0.2, 0.25) is 0 Å². The second kappa shape index (κ2) is 8.05. The highest BCUT2D eigenvalue weighted by Crippen LogP contribution is 2.27. The highest BCUT2D eigenvalue weighted by Gasteiger charge is 2.10. The van der Waals surface area contributed by atoms with Gasteiger partial charge in [0.1, 0.15) is 17.6 Å². The van der Waals surface area contributed by atoms with Crippen molar-refractivity contribution in [3.8, 4) is 5.75 Å². The smallest absolute Gasteiger partial charge is 0.289 e. The summed E-state index contributed by atoms with van der Waals surface area (Å²) < 4.78 is 5.63. The van der Waals surface area contributed by atoms with Crippen molar-refractivity contribution in [2.24, 2.45) is 5.10 Å². The van der Waals surface area contributed by atoms with Crippen LogP contribution >= 0.6 is 0 Å². The molecule has 0 aliphatic heterocycles. The SMILES string of the molecule is CCOc1ccc(/C=N\NC(=O)c2ccc([N+](=O)[O-])cn2)c2ccccc12. The number of hydrazone groups is 1. The van der Waals surface area contributed by atoms with Crippen molar-refractivity contribution >= 4 is 28.6 Å². The molecule has 27 heavy (non-hydrogen) atoms. The summed E-state index contributed by atoms with van der Waals surface area (Å²) in [5.74, 6) is 0.223. The van der Waals surface area contributed by atoms with Crippen LogP contribution in [0.1, 0.15) is 23.0 Å². The number of amides is 1. The van der Waals surface area contributed by atoms with E-state index in [0.717, 1.165) is 28.3 Å². The van der Waals surface area contributed by atoms with Crippen molar-refractivity contribution in [2.45, 2.75) is 6.92 Å². The number of carbonyl (C=O) groups excluding carboxylic acids is 1. The maximum Gasteiger partial charge on any atom is 0.289 e. The molecule has 1 heterocycles. The van der Waals surface area contributed by atoms with Gasteiger partial charge in [0.15, 0.2) is 0 Å². The lowest BCUT2D eigenvalue weighted by atomic mass is 10.0. The number of nitrogens with one attached hydrogen (secondary N) is 1. The van der Waals surface area contributed by atoms with Crippen LogP contribution in [0.5, 0.6) is 5.75 Å². The normalized spacial score (nSPS) is 10.9. The van der Waals surface area contributed by atoms with Crippen LogP contribution in [0.3, 0.4) is 0 Å². The number of hydrogen-bond acceptors (Lipinski definition) is 6. The molecule has 0 saturated carbocycles. The number of rotatable bonds is 6. The Morgan fingerprint density at radius 1 is 1.22 bits per heavy atom. The summed E-state index contributed by atoms with van der Waals surface area (Å²) >= 11 is 0. The number of ether oxygens (including phenoxy) is 1. The first-order valence-corrected chi connectivity index (χ1v) is 8.18. The van der Waals surface area contributed by atoms with Crippen molar-refractivity contribution < 1.29 is 14.5 Å². The number of fused-ring (bicyclic) bond motifs is 1. The number of aromatic nitrogens is 1. The molecule has 8 heteroatoms. The van der Waals surface area contributed by atoms with Gasteiger partial charge in [0.25, 0.3) is 11.6 Å². The molecule has 3 rings (SSSR count). The summed E-state index contributed by atoms with van der Waals surface area (Å²) in [6.07, 6.45) is 2.56. The lowest BCUT2D eigenvalue weighted by molar-refractivity contribution is -0.385. The molecule has 0 spiro atoms. The van der Waals surface area contributed by atoms with Crippen LogP contribution in [0.15, 0.2) is 59.8 Å². The minimum Gasteiger partial charge on any atom is -0.493 e. The van der Waals surface area contributed by atoms with Gasteiger partial charge >= 0.3 is 0 Å². The molecule has 1 amide bonds. The van der Waals surface area contributed by atoms with Gasteiger partial charge < -0.3 is 4.74 Å². The fourth-order valence-electron chi connectivity index (χ4n) is 2.53. The summed E-state index contributed by atoms with van der Waals surface area (Å²) in [6.45, 7) is 2.49. The van der Waals surface area contributed by atoms with E-state index < -0.39 is 10.8 Å². The third kappa shape index (κ3) is 4.06. The molecule has 2 aromatic carbocycles. The fraction of sp³-hybridized carbons (Fsp3) is 0.105. The van der Waals surface area contributed by atoms with E-state index in [1.807, 2.05) is 43.3 Å². The number of nitro groups is 1. The van der Waals surface area contributed by atoms with Gasteiger partial charge in [-0.25, -0.2) is 10.4 Å². The first-order valence-electron chi connectivity index (χ1n) is 8.18. The highest BCUT2D eigenvalue weighted by atomic mass is 16.6. The Kier molecular flexibility index (Phi) is 5.36. The first kappa shape index (κ1) is 18.0. The molecule has 0 bridgehead atoms. The maximum atomic E-state index is 12.0. The Bertz CT molecular complexity index is 1020. The van der Waals surface area contributed by atoms with E-state index >= 15 is 0 Å². The second-order valence-electron chi connectivity index (χ2n) is 5.49. The largest absolute Gasteiger partial charge is 0.493 e. The van der Waals surface area contributed by atoms with Gasteiger partial charge in [-0.2, -0.15) is 5.10 Å². The number of carbonyl (C=O) groups is 1. The van der Waals surface area contributed by atoms with Crippen molar-refractivity contribution in [2.75, 3.05) is 6.61 Å². The van der Waals surface area contributed by atoms with Crippen LogP contribution in [0.4, 0.5) is 5.69 Å². The number of benzene rings is 2. The van der Waals surface area contributed by atoms with E-state index in [2.05, 4.69) is 15.5 Å². The van der Waals surface area contributed by atoms with Crippen LogP contribution in [0.2, 0.25) is 0 Å². The molecule has 1 N–H and O–H groups in total. The standard InChI is InChI=1S/C19H16N4O4/c1-2-27-18-10-7-13(15-5-3-4-6-16(15)18)11-21-22-19(24)17-9-8-14(12-20-17)23(25)26/h3-12H,2H2,1H3,(H,22,24)/b21-11-. The number of hydrogen-bond donors (Lipinski definition) is 1. The monoisotopic (exact) mass is 364 g/mol. The molecule has 0 aliphatic rings. The Labute approximate surface area is 154 Å². The molecule has 0 unspecified atom stereocenters. The average molecular weight is 364 g/mol. The van der Waals surface area contributed by atoms with Gasteiger partial charge in [-0.05, 0) is 30.5 Å². The topological polar surface area (TPSA) is 107 Å². The Balaban J connectivity index is 1.77. The molecule has 0 saturated heterocycles. The first-order chi connectivity index (χ1) is 13.1. The van der Waals surface area contributed by atoms with Crippen LogP contribution in [-0.4, -0.2) is 28.6 Å². The molecular weight excluding hydrogens is 348 g/mol. The third-order valence-corrected chi connectivity index (χ3v) is 3.78. The summed E-state index contributed by atoms with van der Waals surface area (Å²) in [5.41, 5.74) is 3.03. The van der Waals surface area contributed by atoms with E-state index in [0.29, 0.717) is 6.61 Å². The predicted molar refractivity (Wildman–Crippen MR) is 101 cm³/mol. The molecular formula is C19H16N4O4. The zero-order chi connectivity index (χ0) is 19.2. The van der Waals surface area contributed by atoms with Gasteiger partial charge in [-0.3, -0.25) is 14.9 Å². The van der Waals surface area contributed by atoms with Crippen molar-refractivity contribution in [1.82, 2.24) is 10.4 Å². The molecule has 3 aromatic rings. The van der Waals surface area contributed by atoms with Crippen LogP contribution in [0.25, 0.3) is 10.8 Å². The average Bonchev–Trinajstić information content (AvgIpc) is 2.69. The summed E-state index contributed by atoms with van der Waals surface area (Å²) in [5, 5.41) is 16.5. The maximum absolute atomic E-state index is 12.0. The molecule has 0 atom stereocenters. The van der Waals surface area contributed by atoms with E-state index in [-0.39, 0.29) is 11.4 Å². The van der Waals surface area contributed by atoms with E-state index in [4.69, 9.17) is 4.74 Å². The molecule has 0 fully saturated rings. The minimum atomic E-state index is -0.579. The fourth-order valence-corrected chi connectivity index (χ4v) is 2.53. The molecule has 8 nitrogen and oxygen atoms in total. The lowest BCUT2D eigenvalue weighted by Gasteiger charge is -2.09. The van der Waals surface area contributed by atoms with E-state index in [9.17, 15) is 14.9 Å². The quantitative estimate of drug-likeness (QED) is 0.410. The lowest BCUT2D eigenvalue weighted by Crippen LogP contribution is -2.18. The second-order valence-corrected chi connectivity index (χ2v) is 5.49. The van der Waals surface area contributed by atoms with Gasteiger partial charge in [-0.15, -0.1) is 0 Å². The number of pyridine rings is 1. The molecule has 136 valence electrons. The van der Waals surface area contributed by atoms with Gasteiger partial charge in [-0.1, -0.05) is 24.3 Å². The minimum absolute atomic E-state index is 0.0364. The highest BCUT2D eigenvalue weighted by molar-refractivity contribution is 6.02. The summed E-state index contributed by atoms with van der Waals surface area (Å²) in [7, 11) is 0. The Morgan fingerprint density at radius 3 is 2.67 bits per heavy atom. The predicted octanol–water partition coefficient (Wildman–Crippen LogP) is 3.31. The van der Waals surface area contributed by atoms with E-state index in [1.54, 1.807) is 0 Å². The van der Waals surface area contributed by atoms with Gasteiger partial charge in [0.05, 0.1) is 17.7 Å². The van der Waals surface area contributed by atoms with Crippen molar-refractivity contribution in [1.29, 1.82) is 0 Å². The Morgan fingerprint density at radius 2 is 2.00 bits per heavy atom. The van der Waals surface area contributed by atoms with Crippen LogP contribution < -0.4 is 10.2 Å². The zero-order valence-electron chi connectivity index (χ0n) is 14.5. The molecule has 0 radical (unpaired) electrons. The molecule has 1 aromatic heterocycles. The summed E-state index contributed by atoms with van der Waals surface area (Å²) in [6, 6.07) is 13.9. The van der Waals surface area contributed by atoms with Crippen molar-refractivity contribution in [3.63, 3.8) is 0 Å². The Hall–Kier alpha value is -3.81. The van der Waals surface area contributed by atoms with Crippen LogP contribution in [0, 0.1) is 10.1 Å². The van der Waals surface area contributed by atoms with E-state index in [1.165, 1.54) is 18.3 Å². The molecule has 0 aliphatic carbocycles. The van der Waals surface area contributed by atoms with Crippen LogP contribution in [-0.2, 0) is 0 Å². The van der Waals surface area contributed by atoms with Gasteiger partial charge in [0, 0.05) is 17.0 Å². The van der Waals surface area contributed by atoms with Crippen molar-refractivity contribution in [3.05, 3.63) is 76.1 Å².